The largest absolute Gasteiger partial charge is 0.534 e. The Morgan fingerprint density at radius 1 is 1.04 bits per heavy atom. The minimum absolute atomic E-state index is 0.00192. The number of nitrogens with one attached hydrogen (secondary N) is 1. The number of carbonyl (C=O) groups is 4. The van der Waals surface area contributed by atoms with Crippen LogP contribution in [0.4, 0.5) is 10.5 Å². The minimum Gasteiger partial charge on any atom is -0.420 e. The van der Waals surface area contributed by atoms with Crippen molar-refractivity contribution in [2.24, 2.45) is 0 Å². The maximum Gasteiger partial charge on any atom is 0.534 e. The number of hydrogen-bond donors (Lipinski definition) is 1. The van der Waals surface area contributed by atoms with E-state index < -0.39 is 24.1 Å². The molecule has 1 aliphatic heterocycles. The fourth-order valence-electron chi connectivity index (χ4n) is 3.30. The summed E-state index contributed by atoms with van der Waals surface area (Å²) in [6.07, 6.45) is -1.38. The molecule has 4 rings (SSSR count). The third-order valence-electron chi connectivity index (χ3n) is 4.48. The van der Waals surface area contributed by atoms with Gasteiger partial charge >= 0.3 is 6.16 Å². The number of rotatable bonds is 4. The summed E-state index contributed by atoms with van der Waals surface area (Å²) in [5.41, 5.74) is 3.69. The zero-order valence-corrected chi connectivity index (χ0v) is 14.0. The molecule has 8 nitrogen and oxygen atoms in total. The Morgan fingerprint density at radius 2 is 1.74 bits per heavy atom. The topological polar surface area (TPSA) is 102 Å². The van der Waals surface area contributed by atoms with Gasteiger partial charge in [0.05, 0.1) is 0 Å². The summed E-state index contributed by atoms with van der Waals surface area (Å²) in [5, 5.41) is 3.00. The van der Waals surface area contributed by atoms with Gasteiger partial charge < -0.3 is 10.1 Å². The number of fused-ring (bicyclic) bond motifs is 3. The number of benzene rings is 2. The molecule has 1 saturated heterocycles. The first-order valence-electron chi connectivity index (χ1n) is 8.26. The molecule has 0 spiro atoms. The highest BCUT2D eigenvalue weighted by Crippen LogP contribution is 2.46. The van der Waals surface area contributed by atoms with Crippen molar-refractivity contribution in [2.75, 3.05) is 5.32 Å². The van der Waals surface area contributed by atoms with Gasteiger partial charge in [-0.1, -0.05) is 35.4 Å². The van der Waals surface area contributed by atoms with E-state index in [1.807, 2.05) is 30.3 Å². The van der Waals surface area contributed by atoms with Crippen LogP contribution in [0.5, 0.6) is 0 Å². The summed E-state index contributed by atoms with van der Waals surface area (Å²) in [4.78, 5) is 50.9. The number of hydroxylamine groups is 2. The van der Waals surface area contributed by atoms with E-state index in [9.17, 15) is 19.2 Å². The summed E-state index contributed by atoms with van der Waals surface area (Å²) < 4.78 is 5.43. The van der Waals surface area contributed by atoms with Crippen molar-refractivity contribution in [1.29, 1.82) is 0 Å². The zero-order chi connectivity index (χ0) is 19.0. The molecule has 8 heteroatoms. The van der Waals surface area contributed by atoms with Gasteiger partial charge in [0.25, 0.3) is 11.8 Å². The third-order valence-corrected chi connectivity index (χ3v) is 4.48. The fourth-order valence-corrected chi connectivity index (χ4v) is 3.30. The van der Waals surface area contributed by atoms with E-state index in [1.54, 1.807) is 12.1 Å². The average Bonchev–Trinajstić information content (AvgIpc) is 3.14. The van der Waals surface area contributed by atoms with Crippen LogP contribution in [0, 0.1) is 0 Å². The van der Waals surface area contributed by atoms with Gasteiger partial charge in [-0.25, -0.2) is 4.79 Å². The molecule has 0 saturated carbocycles. The summed E-state index contributed by atoms with van der Waals surface area (Å²) in [7, 11) is 0. The number of ether oxygens (including phenoxy) is 1. The van der Waals surface area contributed by atoms with Crippen molar-refractivity contribution in [1.82, 2.24) is 5.06 Å². The fraction of sp³-hybridized carbons (Fsp3) is 0.158. The molecular weight excluding hydrogens is 352 g/mol. The maximum absolute atomic E-state index is 12.2. The standard InChI is InChI=1S/C19H14N2O6/c22-10-20-11-5-6-13-12-3-1-2-4-14(12)18(15(13)9-11)26-19(25)27-21-16(23)7-8-17(21)24/h1-6,9-10,18H,7-8H2,(H,20,22). The monoisotopic (exact) mass is 366 g/mol. The second-order valence-corrected chi connectivity index (χ2v) is 6.07. The van der Waals surface area contributed by atoms with Gasteiger partial charge in [-0.2, -0.15) is 0 Å². The maximum atomic E-state index is 12.2. The van der Waals surface area contributed by atoms with Crippen LogP contribution in [-0.4, -0.2) is 29.4 Å². The quantitative estimate of drug-likeness (QED) is 0.507. The SMILES string of the molecule is O=CNc1ccc2c(c1)C(OC(=O)ON1C(=O)CCC1=O)c1ccccc1-2. The molecular formula is C19H14N2O6. The molecule has 1 heterocycles. The first-order chi connectivity index (χ1) is 13.1. The molecule has 2 aromatic carbocycles. The van der Waals surface area contributed by atoms with Gasteiger partial charge in [-0.15, -0.1) is 0 Å². The second-order valence-electron chi connectivity index (χ2n) is 6.07. The van der Waals surface area contributed by atoms with Crippen LogP contribution < -0.4 is 5.32 Å². The number of anilines is 1. The molecule has 1 atom stereocenters. The van der Waals surface area contributed by atoms with E-state index in [0.29, 0.717) is 22.7 Å². The second kappa shape index (κ2) is 6.56. The molecule has 27 heavy (non-hydrogen) atoms. The van der Waals surface area contributed by atoms with Gasteiger partial charge in [-0.05, 0) is 23.3 Å². The molecule has 3 amide bonds. The molecule has 1 aliphatic carbocycles. The van der Waals surface area contributed by atoms with Crippen LogP contribution in [0.1, 0.15) is 30.1 Å². The van der Waals surface area contributed by atoms with Crippen molar-refractivity contribution in [3.8, 4) is 11.1 Å². The van der Waals surface area contributed by atoms with Crippen LogP contribution in [-0.2, 0) is 24.0 Å². The number of nitrogens with zero attached hydrogens (tertiary/aromatic N) is 1. The highest BCUT2D eigenvalue weighted by molar-refractivity contribution is 6.01. The Kier molecular flexibility index (Phi) is 4.08. The van der Waals surface area contributed by atoms with E-state index in [0.717, 1.165) is 16.7 Å². The van der Waals surface area contributed by atoms with Crippen LogP contribution in [0.3, 0.4) is 0 Å². The van der Waals surface area contributed by atoms with Crippen molar-refractivity contribution >= 4 is 30.1 Å². The number of hydrogen-bond acceptors (Lipinski definition) is 6. The lowest BCUT2D eigenvalue weighted by atomic mass is 10.1. The Bertz CT molecular complexity index is 954. The van der Waals surface area contributed by atoms with Gasteiger partial charge in [0.2, 0.25) is 6.41 Å². The van der Waals surface area contributed by atoms with Crippen molar-refractivity contribution in [2.45, 2.75) is 18.9 Å². The van der Waals surface area contributed by atoms with Gasteiger partial charge in [0.1, 0.15) is 0 Å². The van der Waals surface area contributed by atoms with Crippen LogP contribution in [0.25, 0.3) is 11.1 Å². The van der Waals surface area contributed by atoms with Crippen LogP contribution >= 0.6 is 0 Å². The van der Waals surface area contributed by atoms with E-state index in [-0.39, 0.29) is 12.8 Å². The molecule has 1 fully saturated rings. The Labute approximate surface area is 153 Å². The molecule has 1 unspecified atom stereocenters. The first kappa shape index (κ1) is 16.8. The Hall–Kier alpha value is -3.68. The van der Waals surface area contributed by atoms with Crippen molar-refractivity contribution in [3.63, 3.8) is 0 Å². The van der Waals surface area contributed by atoms with E-state index in [4.69, 9.17) is 9.57 Å². The molecule has 2 aromatic rings. The lowest BCUT2D eigenvalue weighted by molar-refractivity contribution is -0.178. The molecule has 0 bridgehead atoms. The lowest BCUT2D eigenvalue weighted by Crippen LogP contribution is -2.32. The summed E-state index contributed by atoms with van der Waals surface area (Å²) in [5.74, 6) is -1.16. The summed E-state index contributed by atoms with van der Waals surface area (Å²) >= 11 is 0. The van der Waals surface area contributed by atoms with Gasteiger partial charge in [-0.3, -0.25) is 19.2 Å². The first-order valence-corrected chi connectivity index (χ1v) is 8.26. The number of imide groups is 1. The smallest absolute Gasteiger partial charge is 0.420 e. The van der Waals surface area contributed by atoms with Crippen molar-refractivity contribution in [3.05, 3.63) is 53.6 Å². The van der Waals surface area contributed by atoms with Crippen LogP contribution in [0.2, 0.25) is 0 Å². The minimum atomic E-state index is -1.15. The zero-order valence-electron chi connectivity index (χ0n) is 14.0. The predicted molar refractivity (Wildman–Crippen MR) is 92.1 cm³/mol. The Balaban J connectivity index is 1.63. The Morgan fingerprint density at radius 3 is 2.48 bits per heavy atom. The van der Waals surface area contributed by atoms with E-state index in [2.05, 4.69) is 5.32 Å². The predicted octanol–water partition coefficient (Wildman–Crippen LogP) is 2.54. The average molecular weight is 366 g/mol. The molecule has 0 aromatic heterocycles. The molecule has 1 N–H and O–H groups in total. The summed E-state index contributed by atoms with van der Waals surface area (Å²) in [6, 6.07) is 12.6. The molecule has 136 valence electrons. The normalized spacial score (nSPS) is 17.3. The van der Waals surface area contributed by atoms with Gasteiger partial charge in [0, 0.05) is 29.7 Å². The van der Waals surface area contributed by atoms with Crippen LogP contribution in [0.15, 0.2) is 42.5 Å². The van der Waals surface area contributed by atoms with E-state index in [1.165, 1.54) is 0 Å². The highest BCUT2D eigenvalue weighted by atomic mass is 16.8. The molecule has 0 radical (unpaired) electrons. The van der Waals surface area contributed by atoms with Crippen molar-refractivity contribution < 1.29 is 28.8 Å². The van der Waals surface area contributed by atoms with E-state index >= 15 is 0 Å². The number of carbonyl (C=O) groups excluding carboxylic acids is 4. The number of amides is 3. The molecule has 2 aliphatic rings. The van der Waals surface area contributed by atoms with Gasteiger partial charge in [0.15, 0.2) is 6.10 Å². The summed E-state index contributed by atoms with van der Waals surface area (Å²) in [6.45, 7) is 0. The highest BCUT2D eigenvalue weighted by Gasteiger charge is 2.36. The third kappa shape index (κ3) is 2.91. The lowest BCUT2D eigenvalue weighted by Gasteiger charge is -2.17.